The number of hydrogen-bond donors (Lipinski definition) is 2. The summed E-state index contributed by atoms with van der Waals surface area (Å²) >= 11 is 0. The molecule has 2 aromatic rings. The van der Waals surface area contributed by atoms with E-state index in [1.807, 2.05) is 24.3 Å². The Balaban J connectivity index is 1.22. The molecule has 0 aromatic heterocycles. The van der Waals surface area contributed by atoms with E-state index >= 15 is 0 Å². The zero-order valence-corrected chi connectivity index (χ0v) is 18.5. The van der Waals surface area contributed by atoms with E-state index in [1.165, 1.54) is 6.07 Å². The summed E-state index contributed by atoms with van der Waals surface area (Å²) in [4.78, 5) is 14.4. The van der Waals surface area contributed by atoms with Crippen LogP contribution in [-0.4, -0.2) is 32.3 Å². The van der Waals surface area contributed by atoms with Crippen LogP contribution in [0.3, 0.4) is 0 Å². The second-order valence-corrected chi connectivity index (χ2v) is 8.83. The SMILES string of the molecule is COc1ccc(CNC(=O)NC2CCC(CN3CCCc4c(F)cc(F)cc43)CC2)cc1. The second kappa shape index (κ2) is 10.2. The third kappa shape index (κ3) is 5.50. The van der Waals surface area contributed by atoms with Crippen LogP contribution in [0.25, 0.3) is 0 Å². The fourth-order valence-corrected chi connectivity index (χ4v) is 4.84. The molecule has 1 fully saturated rings. The molecule has 0 atom stereocenters. The van der Waals surface area contributed by atoms with Crippen LogP contribution in [-0.2, 0) is 13.0 Å². The predicted octanol–water partition coefficient (Wildman–Crippen LogP) is 4.78. The highest BCUT2D eigenvalue weighted by Gasteiger charge is 2.27. The second-order valence-electron chi connectivity index (χ2n) is 8.83. The van der Waals surface area contributed by atoms with Crippen molar-refractivity contribution in [3.63, 3.8) is 0 Å². The summed E-state index contributed by atoms with van der Waals surface area (Å²) in [5, 5.41) is 5.99. The van der Waals surface area contributed by atoms with Gasteiger partial charge in [-0.05, 0) is 68.2 Å². The molecule has 1 aliphatic heterocycles. The molecule has 172 valence electrons. The van der Waals surface area contributed by atoms with Crippen LogP contribution in [0, 0.1) is 17.6 Å². The third-order valence-electron chi connectivity index (χ3n) is 6.60. The van der Waals surface area contributed by atoms with Gasteiger partial charge >= 0.3 is 6.03 Å². The first-order chi connectivity index (χ1) is 15.5. The van der Waals surface area contributed by atoms with Gasteiger partial charge < -0.3 is 20.3 Å². The number of methoxy groups -OCH3 is 1. The van der Waals surface area contributed by atoms with Gasteiger partial charge in [-0.3, -0.25) is 0 Å². The number of urea groups is 1. The van der Waals surface area contributed by atoms with Crippen LogP contribution in [0.5, 0.6) is 5.75 Å². The van der Waals surface area contributed by atoms with Gasteiger partial charge in [-0.15, -0.1) is 0 Å². The van der Waals surface area contributed by atoms with Gasteiger partial charge in [0.1, 0.15) is 17.4 Å². The number of nitrogens with zero attached hydrogens (tertiary/aromatic N) is 1. The Morgan fingerprint density at radius 3 is 2.59 bits per heavy atom. The van der Waals surface area contributed by atoms with Crippen molar-refractivity contribution in [2.24, 2.45) is 5.92 Å². The van der Waals surface area contributed by atoms with Crippen molar-refractivity contribution >= 4 is 11.7 Å². The highest BCUT2D eigenvalue weighted by Crippen LogP contribution is 2.33. The summed E-state index contributed by atoms with van der Waals surface area (Å²) in [5.74, 6) is 0.311. The van der Waals surface area contributed by atoms with E-state index in [4.69, 9.17) is 4.74 Å². The summed E-state index contributed by atoms with van der Waals surface area (Å²) < 4.78 is 33.1. The van der Waals surface area contributed by atoms with Crippen molar-refractivity contribution in [3.05, 3.63) is 59.2 Å². The van der Waals surface area contributed by atoms with Gasteiger partial charge in [-0.25, -0.2) is 13.6 Å². The van der Waals surface area contributed by atoms with E-state index in [0.717, 1.165) is 62.6 Å². The monoisotopic (exact) mass is 443 g/mol. The van der Waals surface area contributed by atoms with Crippen molar-refractivity contribution in [2.75, 3.05) is 25.1 Å². The normalized spacial score (nSPS) is 20.4. The molecule has 0 radical (unpaired) electrons. The van der Waals surface area contributed by atoms with E-state index in [0.29, 0.717) is 30.1 Å². The van der Waals surface area contributed by atoms with Gasteiger partial charge in [-0.2, -0.15) is 0 Å². The molecule has 0 spiro atoms. The van der Waals surface area contributed by atoms with Crippen molar-refractivity contribution in [3.8, 4) is 5.75 Å². The molecule has 1 saturated carbocycles. The maximum absolute atomic E-state index is 14.1. The maximum Gasteiger partial charge on any atom is 0.315 e. The lowest BCUT2D eigenvalue weighted by Crippen LogP contribution is -2.44. The molecule has 0 saturated heterocycles. The number of fused-ring (bicyclic) bond motifs is 1. The van der Waals surface area contributed by atoms with Crippen LogP contribution in [0.4, 0.5) is 19.3 Å². The molecule has 4 rings (SSSR count). The van der Waals surface area contributed by atoms with Crippen molar-refractivity contribution in [1.82, 2.24) is 10.6 Å². The first kappa shape index (κ1) is 22.4. The van der Waals surface area contributed by atoms with Crippen LogP contribution in [0.1, 0.15) is 43.2 Å². The molecular formula is C25H31F2N3O2. The number of anilines is 1. The standard InChI is InChI=1S/C25H31F2N3O2/c1-32-21-10-6-17(7-11-21)15-28-25(31)29-20-8-4-18(5-9-20)16-30-12-2-3-22-23(27)13-19(26)14-24(22)30/h6-7,10-11,13-14,18,20H,2-5,8-9,12,15-16H2,1H3,(H2,28,29,31). The molecule has 2 amide bonds. The molecule has 0 bridgehead atoms. The average Bonchev–Trinajstić information content (AvgIpc) is 2.80. The lowest BCUT2D eigenvalue weighted by Gasteiger charge is -2.37. The van der Waals surface area contributed by atoms with Gasteiger partial charge in [0, 0.05) is 43.0 Å². The van der Waals surface area contributed by atoms with Crippen molar-refractivity contribution in [1.29, 1.82) is 0 Å². The zero-order chi connectivity index (χ0) is 22.5. The number of ether oxygens (including phenoxy) is 1. The molecule has 32 heavy (non-hydrogen) atoms. The minimum Gasteiger partial charge on any atom is -0.497 e. The number of carbonyl (C=O) groups excluding carboxylic acids is 1. The minimum atomic E-state index is -0.512. The quantitative estimate of drug-likeness (QED) is 0.675. The summed E-state index contributed by atoms with van der Waals surface area (Å²) in [6, 6.07) is 10.1. The highest BCUT2D eigenvalue weighted by atomic mass is 19.1. The number of amides is 2. The lowest BCUT2D eigenvalue weighted by atomic mass is 9.85. The Morgan fingerprint density at radius 2 is 1.88 bits per heavy atom. The largest absolute Gasteiger partial charge is 0.497 e. The predicted molar refractivity (Wildman–Crippen MR) is 121 cm³/mol. The van der Waals surface area contributed by atoms with Crippen molar-refractivity contribution < 1.29 is 18.3 Å². The summed E-state index contributed by atoms with van der Waals surface area (Å²) in [7, 11) is 1.63. The van der Waals surface area contributed by atoms with E-state index in [-0.39, 0.29) is 12.1 Å². The molecule has 1 heterocycles. The van der Waals surface area contributed by atoms with Gasteiger partial charge in [0.05, 0.1) is 7.11 Å². The number of halogens is 2. The summed E-state index contributed by atoms with van der Waals surface area (Å²) in [5.41, 5.74) is 2.37. The number of carbonyl (C=O) groups is 1. The van der Waals surface area contributed by atoms with Gasteiger partial charge in [-0.1, -0.05) is 12.1 Å². The molecule has 2 N–H and O–H groups in total. The fourth-order valence-electron chi connectivity index (χ4n) is 4.84. The molecule has 2 aromatic carbocycles. The topological polar surface area (TPSA) is 53.6 Å². The maximum atomic E-state index is 14.1. The van der Waals surface area contributed by atoms with Crippen LogP contribution in [0.15, 0.2) is 36.4 Å². The fraction of sp³-hybridized carbons (Fsp3) is 0.480. The van der Waals surface area contributed by atoms with Crippen LogP contribution < -0.4 is 20.3 Å². The number of rotatable bonds is 6. The average molecular weight is 444 g/mol. The lowest BCUT2D eigenvalue weighted by molar-refractivity contribution is 0.227. The first-order valence-corrected chi connectivity index (χ1v) is 11.4. The van der Waals surface area contributed by atoms with Gasteiger partial charge in [0.25, 0.3) is 0 Å². The Labute approximate surface area is 188 Å². The summed E-state index contributed by atoms with van der Waals surface area (Å²) in [6.45, 7) is 2.11. The zero-order valence-electron chi connectivity index (χ0n) is 18.5. The minimum absolute atomic E-state index is 0.153. The molecule has 2 aliphatic rings. The van der Waals surface area contributed by atoms with E-state index in [9.17, 15) is 13.6 Å². The number of benzene rings is 2. The van der Waals surface area contributed by atoms with Crippen LogP contribution >= 0.6 is 0 Å². The molecular weight excluding hydrogens is 412 g/mol. The first-order valence-electron chi connectivity index (χ1n) is 11.4. The van der Waals surface area contributed by atoms with Crippen molar-refractivity contribution in [2.45, 2.75) is 51.1 Å². The van der Waals surface area contributed by atoms with Crippen LogP contribution in [0.2, 0.25) is 0 Å². The van der Waals surface area contributed by atoms with E-state index in [2.05, 4.69) is 15.5 Å². The van der Waals surface area contributed by atoms with E-state index < -0.39 is 11.6 Å². The number of nitrogens with one attached hydrogen (secondary N) is 2. The molecule has 5 nitrogen and oxygen atoms in total. The number of hydrogen-bond acceptors (Lipinski definition) is 3. The highest BCUT2D eigenvalue weighted by molar-refractivity contribution is 5.74. The van der Waals surface area contributed by atoms with Gasteiger partial charge in [0.15, 0.2) is 0 Å². The Bertz CT molecular complexity index is 928. The smallest absolute Gasteiger partial charge is 0.315 e. The molecule has 1 aliphatic carbocycles. The Kier molecular flexibility index (Phi) is 7.12. The van der Waals surface area contributed by atoms with Gasteiger partial charge in [0.2, 0.25) is 0 Å². The Hall–Kier alpha value is -2.83. The van der Waals surface area contributed by atoms with E-state index in [1.54, 1.807) is 7.11 Å². The molecule has 0 unspecified atom stereocenters. The third-order valence-corrected chi connectivity index (χ3v) is 6.60. The summed E-state index contributed by atoms with van der Waals surface area (Å²) in [6.07, 6.45) is 5.37. The molecule has 7 heteroatoms. The Morgan fingerprint density at radius 1 is 1.12 bits per heavy atom.